The number of amides is 12. The third-order valence-corrected chi connectivity index (χ3v) is 24.1. The number of carbonyl (C=O) groups is 12. The van der Waals surface area contributed by atoms with Crippen LogP contribution < -0.4 is 16.0 Å². The molecule has 0 aromatic rings. The number of likely N-dealkylation sites (N-methyl/N-ethyl adjacent to an activating group) is 7. The van der Waals surface area contributed by atoms with Crippen LogP contribution in [0.15, 0.2) is 12.2 Å². The number of alkyl halides is 4. The zero-order valence-corrected chi connectivity index (χ0v) is 66.4. The molecular formula is C76H124ClF3N12O13. The molecular weight excluding hydrogens is 1380 g/mol. The van der Waals surface area contributed by atoms with Gasteiger partial charge in [-0.2, -0.15) is 13.2 Å². The van der Waals surface area contributed by atoms with Gasteiger partial charge in [-0.05, 0) is 113 Å². The van der Waals surface area contributed by atoms with E-state index >= 15 is 28.8 Å². The van der Waals surface area contributed by atoms with Crippen molar-refractivity contribution in [3.63, 3.8) is 0 Å². The smallest absolute Gasteiger partial charge is 0.377 e. The van der Waals surface area contributed by atoms with Crippen molar-refractivity contribution in [2.24, 2.45) is 40.9 Å². The number of ether oxygens (including phenoxy) is 1. The van der Waals surface area contributed by atoms with Crippen LogP contribution in [0.1, 0.15) is 197 Å². The lowest BCUT2D eigenvalue weighted by molar-refractivity contribution is -0.182. The van der Waals surface area contributed by atoms with Crippen LogP contribution in [0.3, 0.4) is 0 Å². The summed E-state index contributed by atoms with van der Waals surface area (Å²) in [5, 5.41) is 7.61. The number of halogens is 4. The van der Waals surface area contributed by atoms with E-state index in [0.717, 1.165) is 30.6 Å². The topological polar surface area (TPSA) is 279 Å². The standard InChI is InChI=1S/C76H124ClF3N12O13/c1-18-26-55-65(96)82-63(50(20-3)21-4)71(102)86(13)43-62(95)88(15)56-27-24-23-25-36-91(70(56)101)59(38-49-30-28-46(6)29-31-49)69(100)85(12)42-60(93)81-54(35-33-48-32-34-52(53(77)37-48)76(78,79)80)67(98)92-41-51(105-22-5)39-57(92)66(97)83-75(44-74(8,9)45-75)73(104)90(17)64(47(7)19-2)72(103)89(16)58(68(99)84(10)11)40-61(94)87(55)14/h23-24,46-59,63-64H,18-22,25-45H2,1-17H3,(H,81,93)(H,82,96)(H,83,97)/b24-23-/t46?,47-,48?,49?,51+,52?,53?,54-,55-,56-,57-,58-,59-,63-,64-/m0/s1. The molecule has 3 aliphatic carbocycles. The second-order valence-electron chi connectivity index (χ2n) is 32.3. The largest absolute Gasteiger partial charge is 0.393 e. The van der Waals surface area contributed by atoms with Gasteiger partial charge in [0.05, 0.1) is 31.5 Å². The van der Waals surface area contributed by atoms with E-state index in [2.05, 4.69) is 22.9 Å². The van der Waals surface area contributed by atoms with Crippen molar-refractivity contribution >= 4 is 82.5 Å². The molecule has 3 heterocycles. The van der Waals surface area contributed by atoms with E-state index in [9.17, 15) is 41.9 Å². The summed E-state index contributed by atoms with van der Waals surface area (Å²) in [6, 6.07) is -10.2. The molecule has 29 heteroatoms. The second-order valence-corrected chi connectivity index (χ2v) is 32.8. The fraction of sp³-hybridized carbons (Fsp3) is 0.816. The number of hydrogen-bond acceptors (Lipinski definition) is 13. The van der Waals surface area contributed by atoms with Gasteiger partial charge >= 0.3 is 6.18 Å². The molecule has 2 saturated heterocycles. The summed E-state index contributed by atoms with van der Waals surface area (Å²) in [6.45, 7) is 15.8. The van der Waals surface area contributed by atoms with Gasteiger partial charge in [0, 0.05) is 87.9 Å². The van der Waals surface area contributed by atoms with Crippen LogP contribution in [0.25, 0.3) is 0 Å². The number of carbonyl (C=O) groups excluding carboxylic acids is 12. The Bertz CT molecular complexity index is 3100. The van der Waals surface area contributed by atoms with Crippen LogP contribution in [0.2, 0.25) is 0 Å². The van der Waals surface area contributed by atoms with E-state index in [1.165, 1.54) is 95.6 Å². The normalized spacial score (nSPS) is 31.2. The van der Waals surface area contributed by atoms with Gasteiger partial charge in [0.25, 0.3) is 0 Å². The zero-order valence-electron chi connectivity index (χ0n) is 65.6. The van der Waals surface area contributed by atoms with Crippen molar-refractivity contribution in [2.75, 3.05) is 89.2 Å². The minimum atomic E-state index is -4.53. The van der Waals surface area contributed by atoms with E-state index in [-0.39, 0.29) is 96.2 Å². The Balaban J connectivity index is 1.49. The molecule has 0 aromatic carbocycles. The fourth-order valence-corrected chi connectivity index (χ4v) is 17.7. The quantitative estimate of drug-likeness (QED) is 0.113. The lowest BCUT2D eigenvalue weighted by Gasteiger charge is -2.54. The highest BCUT2D eigenvalue weighted by atomic mass is 35.5. The van der Waals surface area contributed by atoms with E-state index in [0.29, 0.717) is 38.0 Å². The minimum Gasteiger partial charge on any atom is -0.377 e. The van der Waals surface area contributed by atoms with Crippen molar-refractivity contribution in [1.82, 2.24) is 60.0 Å². The molecule has 12 amide bonds. The van der Waals surface area contributed by atoms with Crippen LogP contribution in [0.5, 0.6) is 0 Å². The summed E-state index contributed by atoms with van der Waals surface area (Å²) >= 11 is 6.46. The van der Waals surface area contributed by atoms with Crippen LogP contribution in [0, 0.1) is 40.9 Å². The van der Waals surface area contributed by atoms with E-state index in [1.54, 1.807) is 19.9 Å². The summed E-state index contributed by atoms with van der Waals surface area (Å²) < 4.78 is 48.5. The molecule has 3 N–H and O–H groups in total. The number of nitrogens with zero attached hydrogens (tertiary/aromatic N) is 9. The Morgan fingerprint density at radius 2 is 1.30 bits per heavy atom. The fourth-order valence-electron chi connectivity index (χ4n) is 17.1. The summed E-state index contributed by atoms with van der Waals surface area (Å²) in [5.41, 5.74) is -2.20. The average Bonchev–Trinajstić information content (AvgIpc) is 1.32. The molecule has 3 unspecified atom stereocenters. The summed E-state index contributed by atoms with van der Waals surface area (Å²) in [7, 11) is 11.5. The predicted molar refractivity (Wildman–Crippen MR) is 392 cm³/mol. The first-order valence-corrected chi connectivity index (χ1v) is 38.9. The maximum absolute atomic E-state index is 15.7. The van der Waals surface area contributed by atoms with E-state index in [1.807, 2.05) is 47.6 Å². The predicted octanol–water partition coefficient (Wildman–Crippen LogP) is 6.77. The number of rotatable bonds is 15. The number of nitrogens with one attached hydrogen (secondary N) is 3. The van der Waals surface area contributed by atoms with E-state index < -0.39 is 191 Å². The average molecular weight is 1510 g/mol. The van der Waals surface area contributed by atoms with Crippen LogP contribution in [0.4, 0.5) is 13.2 Å². The van der Waals surface area contributed by atoms with Gasteiger partial charge in [-0.15, -0.1) is 11.6 Å². The van der Waals surface area contributed by atoms with Crippen LogP contribution >= 0.6 is 11.6 Å². The molecule has 3 aliphatic heterocycles. The lowest BCUT2D eigenvalue weighted by atomic mass is 9.58. The Hall–Kier alpha value is -6.58. The number of hydrogen-bond donors (Lipinski definition) is 3. The first-order valence-electron chi connectivity index (χ1n) is 38.5. The van der Waals surface area contributed by atoms with Gasteiger partial charge in [-0.25, -0.2) is 0 Å². The van der Waals surface area contributed by atoms with Crippen molar-refractivity contribution in [3.8, 4) is 0 Å². The van der Waals surface area contributed by atoms with Gasteiger partial charge in [0.15, 0.2) is 0 Å². The Kier molecular flexibility index (Phi) is 31.6. The molecule has 5 fully saturated rings. The minimum absolute atomic E-state index is 0.00768. The Labute approximate surface area is 626 Å². The second kappa shape index (κ2) is 38.0. The number of fused-ring (bicyclic) bond motifs is 3. The monoisotopic (exact) mass is 1500 g/mol. The Morgan fingerprint density at radius 1 is 0.676 bits per heavy atom. The SMILES string of the molecule is CCC[C@H]1C(=O)N[C@@H](C(CC)CC)C(=O)N(C)CC(=O)N(C)[C@H]2C/C=C\CCN(C2=O)[C@@H](CC2CCC(C)CC2)C(=O)N(C)CC(=O)N[C@@H](CCC2CCC(C(F)(F)F)C(Cl)C2)C(=O)N2C[C@H](OCC)C[C@H]2C(=O)NC2(CC(C)(C)C2)C(=O)N(C)[C@@H]([C@@H](C)CC)C(=O)N(C)[C@H](C(=O)N(C)C)CC(=O)N1C. The van der Waals surface area contributed by atoms with Crippen molar-refractivity contribution in [1.29, 1.82) is 0 Å². The van der Waals surface area contributed by atoms with Crippen LogP contribution in [-0.4, -0.2) is 276 Å². The molecule has 0 aromatic heterocycles. The van der Waals surface area contributed by atoms with Gasteiger partial charge in [0.1, 0.15) is 53.9 Å². The molecule has 2 bridgehead atoms. The first-order chi connectivity index (χ1) is 49.2. The summed E-state index contributed by atoms with van der Waals surface area (Å²) in [4.78, 5) is 193. The highest BCUT2D eigenvalue weighted by Crippen LogP contribution is 2.50. The highest BCUT2D eigenvalue weighted by molar-refractivity contribution is 6.21. The van der Waals surface area contributed by atoms with Crippen molar-refractivity contribution in [3.05, 3.63) is 12.2 Å². The molecule has 13 atom stereocenters. The Morgan fingerprint density at radius 3 is 1.88 bits per heavy atom. The van der Waals surface area contributed by atoms with Gasteiger partial charge < -0.3 is 64.8 Å². The molecule has 6 rings (SSSR count). The van der Waals surface area contributed by atoms with Crippen LogP contribution in [-0.2, 0) is 62.3 Å². The maximum Gasteiger partial charge on any atom is 0.393 e. The summed E-state index contributed by atoms with van der Waals surface area (Å²) in [5.74, 6) is -10.7. The molecule has 6 aliphatic rings. The molecule has 105 heavy (non-hydrogen) atoms. The van der Waals surface area contributed by atoms with E-state index in [4.69, 9.17) is 16.3 Å². The molecule has 25 nitrogen and oxygen atoms in total. The third kappa shape index (κ3) is 21.6. The molecule has 1 spiro atoms. The van der Waals surface area contributed by atoms with Crippen molar-refractivity contribution < 1.29 is 75.4 Å². The molecule has 0 radical (unpaired) electrons. The van der Waals surface area contributed by atoms with Gasteiger partial charge in [0.2, 0.25) is 70.9 Å². The van der Waals surface area contributed by atoms with Gasteiger partial charge in [-0.1, -0.05) is 119 Å². The third-order valence-electron chi connectivity index (χ3n) is 23.6. The zero-order chi connectivity index (χ0) is 78.5. The highest BCUT2D eigenvalue weighted by Gasteiger charge is 2.59. The van der Waals surface area contributed by atoms with Gasteiger partial charge in [-0.3, -0.25) is 57.5 Å². The summed E-state index contributed by atoms with van der Waals surface area (Å²) in [6.07, 6.45) is 3.41. The first kappa shape index (κ1) is 87.3. The van der Waals surface area contributed by atoms with Crippen molar-refractivity contribution in [2.45, 2.75) is 269 Å². The lowest BCUT2D eigenvalue weighted by Crippen LogP contribution is -2.71. The maximum atomic E-state index is 15.7. The molecule has 594 valence electrons. The molecule has 3 saturated carbocycles.